The average molecular weight is 298 g/mol. The van der Waals surface area contributed by atoms with Gasteiger partial charge in [0, 0.05) is 18.9 Å². The molecule has 1 amide bonds. The van der Waals surface area contributed by atoms with Crippen LogP contribution in [0.15, 0.2) is 24.3 Å². The summed E-state index contributed by atoms with van der Waals surface area (Å²) in [5, 5.41) is 20.6. The number of nitrogens with one attached hydrogen (secondary N) is 1. The number of hydrogen-bond acceptors (Lipinski definition) is 5. The Labute approximate surface area is 123 Å². The third kappa shape index (κ3) is 6.79. The molecule has 0 saturated heterocycles. The molecule has 112 valence electrons. The minimum atomic E-state index is -0.581. The second-order valence-corrected chi connectivity index (χ2v) is 5.68. The fourth-order valence-corrected chi connectivity index (χ4v) is 2.41. The number of aliphatic hydroxyl groups excluding tert-OH is 1. The summed E-state index contributed by atoms with van der Waals surface area (Å²) >= 11 is 1.69. The molecule has 1 aromatic rings. The fourth-order valence-electron chi connectivity index (χ4n) is 1.62. The average Bonchev–Trinajstić information content (AvgIpc) is 2.45. The summed E-state index contributed by atoms with van der Waals surface area (Å²) in [5.41, 5.74) is 6.75. The molecule has 0 aliphatic rings. The van der Waals surface area contributed by atoms with Gasteiger partial charge < -0.3 is 21.3 Å². The first-order valence-corrected chi connectivity index (χ1v) is 7.78. The van der Waals surface area contributed by atoms with Crippen molar-refractivity contribution in [3.63, 3.8) is 0 Å². The van der Waals surface area contributed by atoms with Gasteiger partial charge in [-0.05, 0) is 36.3 Å². The molecule has 0 fully saturated rings. The summed E-state index contributed by atoms with van der Waals surface area (Å²) in [6.45, 7) is 0.787. The van der Waals surface area contributed by atoms with E-state index in [1.54, 1.807) is 36.0 Å². The smallest absolute Gasteiger partial charge is 0.237 e. The third-order valence-corrected chi connectivity index (χ3v) is 3.79. The summed E-state index contributed by atoms with van der Waals surface area (Å²) < 4.78 is 0. The quantitative estimate of drug-likeness (QED) is 0.498. The summed E-state index contributed by atoms with van der Waals surface area (Å²) in [5.74, 6) is 1.75. The maximum atomic E-state index is 11.8. The van der Waals surface area contributed by atoms with Crippen molar-refractivity contribution in [2.75, 3.05) is 24.7 Å². The van der Waals surface area contributed by atoms with E-state index in [4.69, 9.17) is 10.8 Å². The van der Waals surface area contributed by atoms with Crippen LogP contribution in [0, 0.1) is 0 Å². The minimum absolute atomic E-state index is 0.166. The molecular formula is C14H22N2O3S. The molecule has 1 unspecified atom stereocenters. The number of nitrogens with two attached hydrogens (primary N) is 1. The van der Waals surface area contributed by atoms with E-state index < -0.39 is 6.04 Å². The zero-order valence-corrected chi connectivity index (χ0v) is 12.2. The van der Waals surface area contributed by atoms with E-state index in [1.807, 2.05) is 0 Å². The van der Waals surface area contributed by atoms with Crippen molar-refractivity contribution in [2.24, 2.45) is 5.73 Å². The third-order valence-electron chi connectivity index (χ3n) is 2.72. The molecule has 1 atom stereocenters. The predicted molar refractivity (Wildman–Crippen MR) is 81.8 cm³/mol. The first-order chi connectivity index (χ1) is 9.63. The Hall–Kier alpha value is -1.24. The van der Waals surface area contributed by atoms with Crippen molar-refractivity contribution < 1.29 is 15.0 Å². The predicted octanol–water partition coefficient (Wildman–Crippen LogP) is 0.494. The summed E-state index contributed by atoms with van der Waals surface area (Å²) in [6.07, 6.45) is 1.22. The van der Waals surface area contributed by atoms with Crippen molar-refractivity contribution >= 4 is 17.7 Å². The van der Waals surface area contributed by atoms with Gasteiger partial charge in [0.25, 0.3) is 0 Å². The topological polar surface area (TPSA) is 95.6 Å². The molecule has 0 saturated carbocycles. The van der Waals surface area contributed by atoms with Crippen LogP contribution in [0.5, 0.6) is 5.75 Å². The number of hydrogen-bond donors (Lipinski definition) is 4. The van der Waals surface area contributed by atoms with Crippen LogP contribution >= 0.6 is 11.8 Å². The molecule has 5 N–H and O–H groups in total. The number of rotatable bonds is 9. The van der Waals surface area contributed by atoms with Crippen LogP contribution < -0.4 is 11.1 Å². The molecule has 0 radical (unpaired) electrons. The van der Waals surface area contributed by atoms with Crippen molar-refractivity contribution in [3.05, 3.63) is 29.8 Å². The van der Waals surface area contributed by atoms with Gasteiger partial charge in [-0.3, -0.25) is 4.79 Å². The van der Waals surface area contributed by atoms with E-state index in [2.05, 4.69) is 5.32 Å². The van der Waals surface area contributed by atoms with Gasteiger partial charge in [0.15, 0.2) is 0 Å². The second kappa shape index (κ2) is 9.63. The summed E-state index contributed by atoms with van der Waals surface area (Å²) in [6, 6.07) is 6.10. The lowest BCUT2D eigenvalue weighted by atomic mass is 10.1. The second-order valence-electron chi connectivity index (χ2n) is 4.46. The number of aliphatic hydroxyl groups is 1. The molecule has 0 spiro atoms. The van der Waals surface area contributed by atoms with Crippen LogP contribution in [0.1, 0.15) is 12.0 Å². The van der Waals surface area contributed by atoms with Gasteiger partial charge in [0.1, 0.15) is 5.75 Å². The fraction of sp³-hybridized carbons (Fsp3) is 0.500. The number of phenols is 1. The van der Waals surface area contributed by atoms with Gasteiger partial charge in [-0.15, -0.1) is 0 Å². The largest absolute Gasteiger partial charge is 0.508 e. The summed E-state index contributed by atoms with van der Waals surface area (Å²) in [4.78, 5) is 11.8. The molecule has 0 aliphatic heterocycles. The Morgan fingerprint density at radius 1 is 1.30 bits per heavy atom. The van der Waals surface area contributed by atoms with Crippen molar-refractivity contribution in [1.29, 1.82) is 0 Å². The Morgan fingerprint density at radius 3 is 2.65 bits per heavy atom. The minimum Gasteiger partial charge on any atom is -0.508 e. The van der Waals surface area contributed by atoms with Gasteiger partial charge >= 0.3 is 0 Å². The van der Waals surface area contributed by atoms with Gasteiger partial charge in [0.2, 0.25) is 5.91 Å². The number of carbonyl (C=O) groups excluding carboxylic acids is 1. The Balaban J connectivity index is 2.20. The van der Waals surface area contributed by atoms with Crippen LogP contribution in [-0.2, 0) is 11.2 Å². The normalized spacial score (nSPS) is 12.1. The van der Waals surface area contributed by atoms with E-state index in [-0.39, 0.29) is 18.3 Å². The molecule has 0 bridgehead atoms. The zero-order valence-electron chi connectivity index (χ0n) is 11.4. The highest BCUT2D eigenvalue weighted by Gasteiger charge is 2.13. The van der Waals surface area contributed by atoms with Gasteiger partial charge in [0.05, 0.1) is 6.04 Å². The highest BCUT2D eigenvalue weighted by molar-refractivity contribution is 7.99. The molecule has 5 nitrogen and oxygen atoms in total. The standard InChI is InChI=1S/C14H22N2O3S/c15-13(10-11-2-4-12(18)5-3-11)14(19)16-6-9-20-8-1-7-17/h2-5,13,17-18H,1,6-10,15H2,(H,16,19). The summed E-state index contributed by atoms with van der Waals surface area (Å²) in [7, 11) is 0. The molecule has 0 aromatic heterocycles. The van der Waals surface area contributed by atoms with Crippen molar-refractivity contribution in [3.8, 4) is 5.75 Å². The van der Waals surface area contributed by atoms with Crippen molar-refractivity contribution in [1.82, 2.24) is 5.32 Å². The molecule has 0 heterocycles. The Bertz CT molecular complexity index is 398. The van der Waals surface area contributed by atoms with Crippen LogP contribution in [0.2, 0.25) is 0 Å². The highest BCUT2D eigenvalue weighted by atomic mass is 32.2. The zero-order chi connectivity index (χ0) is 14.8. The van der Waals surface area contributed by atoms with E-state index in [1.165, 1.54) is 0 Å². The van der Waals surface area contributed by atoms with Crippen LogP contribution in [0.4, 0.5) is 0 Å². The lowest BCUT2D eigenvalue weighted by Crippen LogP contribution is -2.42. The Morgan fingerprint density at radius 2 is 2.00 bits per heavy atom. The monoisotopic (exact) mass is 298 g/mol. The molecule has 20 heavy (non-hydrogen) atoms. The Kier molecular flexibility index (Phi) is 8.10. The number of phenolic OH excluding ortho intramolecular Hbond substituents is 1. The molecule has 1 aromatic carbocycles. The van der Waals surface area contributed by atoms with E-state index in [0.717, 1.165) is 23.5 Å². The molecular weight excluding hydrogens is 276 g/mol. The van der Waals surface area contributed by atoms with E-state index in [0.29, 0.717) is 13.0 Å². The number of benzene rings is 1. The van der Waals surface area contributed by atoms with Crippen LogP contribution in [0.3, 0.4) is 0 Å². The maximum absolute atomic E-state index is 11.8. The molecule has 0 aliphatic carbocycles. The van der Waals surface area contributed by atoms with Gasteiger partial charge in [-0.2, -0.15) is 11.8 Å². The van der Waals surface area contributed by atoms with Crippen molar-refractivity contribution in [2.45, 2.75) is 18.9 Å². The molecule has 1 rings (SSSR count). The first kappa shape index (κ1) is 16.8. The maximum Gasteiger partial charge on any atom is 0.237 e. The van der Waals surface area contributed by atoms with E-state index in [9.17, 15) is 9.90 Å². The number of amides is 1. The van der Waals surface area contributed by atoms with Crippen LogP contribution in [-0.4, -0.2) is 46.8 Å². The van der Waals surface area contributed by atoms with E-state index >= 15 is 0 Å². The number of carbonyl (C=O) groups is 1. The van der Waals surface area contributed by atoms with Gasteiger partial charge in [-0.25, -0.2) is 0 Å². The van der Waals surface area contributed by atoms with Crippen LogP contribution in [0.25, 0.3) is 0 Å². The lowest BCUT2D eigenvalue weighted by molar-refractivity contribution is -0.122. The number of thioether (sulfide) groups is 1. The SMILES string of the molecule is NC(Cc1ccc(O)cc1)C(=O)NCCSCCCO. The first-order valence-electron chi connectivity index (χ1n) is 6.63. The highest BCUT2D eigenvalue weighted by Crippen LogP contribution is 2.10. The number of aromatic hydroxyl groups is 1. The lowest BCUT2D eigenvalue weighted by Gasteiger charge is -2.12. The van der Waals surface area contributed by atoms with Gasteiger partial charge in [-0.1, -0.05) is 12.1 Å². The molecule has 6 heteroatoms.